The summed E-state index contributed by atoms with van der Waals surface area (Å²) in [5.74, 6) is 2.89. The first-order chi connectivity index (χ1) is 11.3. The second-order valence-corrected chi connectivity index (χ2v) is 9.47. The summed E-state index contributed by atoms with van der Waals surface area (Å²) < 4.78 is 12.5. The van der Waals surface area contributed by atoms with Crippen molar-refractivity contribution in [3.05, 3.63) is 11.5 Å². The van der Waals surface area contributed by atoms with Crippen LogP contribution in [0.1, 0.15) is 92.4 Å². The summed E-state index contributed by atoms with van der Waals surface area (Å²) in [6, 6.07) is 0. The van der Waals surface area contributed by atoms with Crippen molar-refractivity contribution < 1.29 is 9.31 Å². The third-order valence-corrected chi connectivity index (χ3v) is 7.30. The molecule has 0 radical (unpaired) electrons. The molecule has 3 aliphatic rings. The summed E-state index contributed by atoms with van der Waals surface area (Å²) in [6.45, 7) is 10.9. The van der Waals surface area contributed by atoms with Gasteiger partial charge >= 0.3 is 7.12 Å². The lowest BCUT2D eigenvalue weighted by atomic mass is 9.66. The van der Waals surface area contributed by atoms with E-state index in [-0.39, 0.29) is 18.3 Å². The zero-order valence-electron chi connectivity index (χ0n) is 16.6. The van der Waals surface area contributed by atoms with Crippen LogP contribution < -0.4 is 0 Å². The maximum absolute atomic E-state index is 6.23. The van der Waals surface area contributed by atoms with Gasteiger partial charge in [-0.05, 0) is 83.0 Å². The topological polar surface area (TPSA) is 18.5 Å². The molecule has 0 spiro atoms. The van der Waals surface area contributed by atoms with Crippen LogP contribution in [0.2, 0.25) is 0 Å². The smallest absolute Gasteiger partial charge is 0.400 e. The molecule has 1 aliphatic heterocycles. The second-order valence-electron chi connectivity index (χ2n) is 9.47. The normalized spacial score (nSPS) is 35.8. The molecule has 0 aromatic carbocycles. The van der Waals surface area contributed by atoms with Gasteiger partial charge in [0.1, 0.15) is 0 Å². The summed E-state index contributed by atoms with van der Waals surface area (Å²) in [5.41, 5.74) is 0.963. The molecule has 24 heavy (non-hydrogen) atoms. The molecule has 0 bridgehead atoms. The Morgan fingerprint density at radius 1 is 0.958 bits per heavy atom. The molecular formula is C21H37BO2. The molecule has 1 atom stereocenters. The Balaban J connectivity index is 1.52. The average molecular weight is 332 g/mol. The van der Waals surface area contributed by atoms with E-state index in [9.17, 15) is 0 Å². The van der Waals surface area contributed by atoms with Gasteiger partial charge in [-0.1, -0.05) is 38.7 Å². The van der Waals surface area contributed by atoms with E-state index in [4.69, 9.17) is 9.31 Å². The lowest BCUT2D eigenvalue weighted by Crippen LogP contribution is -2.41. The number of hydrogen-bond acceptors (Lipinski definition) is 2. The van der Waals surface area contributed by atoms with Gasteiger partial charge < -0.3 is 9.31 Å². The van der Waals surface area contributed by atoms with Crippen molar-refractivity contribution in [2.45, 2.75) is 104 Å². The van der Waals surface area contributed by atoms with E-state index in [2.05, 4.69) is 40.7 Å². The van der Waals surface area contributed by atoms with Crippen molar-refractivity contribution >= 4 is 7.12 Å². The maximum atomic E-state index is 6.23. The molecule has 2 fully saturated rings. The highest BCUT2D eigenvalue weighted by molar-refractivity contribution is 6.54. The molecule has 1 saturated heterocycles. The summed E-state index contributed by atoms with van der Waals surface area (Å²) in [7, 11) is -0.115. The van der Waals surface area contributed by atoms with Gasteiger partial charge in [0.15, 0.2) is 0 Å². The van der Waals surface area contributed by atoms with E-state index in [0.717, 1.165) is 24.2 Å². The quantitative estimate of drug-likeness (QED) is 0.592. The van der Waals surface area contributed by atoms with Crippen LogP contribution in [0, 0.1) is 17.8 Å². The fourth-order valence-electron chi connectivity index (χ4n) is 4.87. The first-order valence-electron chi connectivity index (χ1n) is 10.4. The molecule has 0 amide bonds. The highest BCUT2D eigenvalue weighted by Crippen LogP contribution is 2.44. The summed E-state index contributed by atoms with van der Waals surface area (Å²) in [6.07, 6.45) is 14.9. The van der Waals surface area contributed by atoms with Crippen molar-refractivity contribution in [3.8, 4) is 0 Å². The van der Waals surface area contributed by atoms with E-state index in [1.165, 1.54) is 56.8 Å². The predicted molar refractivity (Wildman–Crippen MR) is 102 cm³/mol. The van der Waals surface area contributed by atoms with Gasteiger partial charge in [-0.15, -0.1) is 0 Å². The molecule has 3 rings (SSSR count). The molecule has 2 aliphatic carbocycles. The molecule has 0 aromatic rings. The molecule has 0 N–H and O–H groups in total. The van der Waals surface area contributed by atoms with E-state index in [1.807, 2.05) is 0 Å². The van der Waals surface area contributed by atoms with Crippen molar-refractivity contribution in [1.82, 2.24) is 0 Å². The van der Waals surface area contributed by atoms with Gasteiger partial charge in [0, 0.05) is 0 Å². The number of hydrogen-bond donors (Lipinski definition) is 0. The van der Waals surface area contributed by atoms with Crippen LogP contribution in [0.5, 0.6) is 0 Å². The second kappa shape index (κ2) is 7.15. The average Bonchev–Trinajstić information content (AvgIpc) is 2.77. The molecule has 1 saturated carbocycles. The fourth-order valence-corrected chi connectivity index (χ4v) is 4.87. The molecule has 3 heteroatoms. The molecule has 0 aromatic heterocycles. The Bertz CT molecular complexity index is 444. The highest BCUT2D eigenvalue weighted by Gasteiger charge is 2.52. The molecule has 1 heterocycles. The van der Waals surface area contributed by atoms with Gasteiger partial charge in [0.2, 0.25) is 0 Å². The summed E-state index contributed by atoms with van der Waals surface area (Å²) >= 11 is 0. The van der Waals surface area contributed by atoms with Crippen LogP contribution in [0.3, 0.4) is 0 Å². The maximum Gasteiger partial charge on any atom is 0.490 e. The van der Waals surface area contributed by atoms with Crippen LogP contribution in [0.15, 0.2) is 11.5 Å². The van der Waals surface area contributed by atoms with E-state index < -0.39 is 0 Å². The molecule has 1 unspecified atom stereocenters. The lowest BCUT2D eigenvalue weighted by Gasteiger charge is -2.35. The Labute approximate surface area is 149 Å². The monoisotopic (exact) mass is 332 g/mol. The van der Waals surface area contributed by atoms with Gasteiger partial charge in [0.25, 0.3) is 0 Å². The minimum atomic E-state index is -0.215. The van der Waals surface area contributed by atoms with Crippen molar-refractivity contribution in [2.75, 3.05) is 0 Å². The Morgan fingerprint density at radius 2 is 1.58 bits per heavy atom. The minimum absolute atomic E-state index is 0.115. The fraction of sp³-hybridized carbons (Fsp3) is 0.905. The standard InChI is InChI=1S/C21H37BO2/c1-6-7-16-8-10-17(11-9-16)18-12-14-19(15-13-18)22-23-20(2,3)21(4,5)24-22/h14,16-18H,6-13,15H2,1-5H3. The lowest BCUT2D eigenvalue weighted by molar-refractivity contribution is 0.00578. The van der Waals surface area contributed by atoms with Crippen LogP contribution in [-0.4, -0.2) is 18.3 Å². The Kier molecular flexibility index (Phi) is 5.52. The van der Waals surface area contributed by atoms with Gasteiger partial charge in [-0.2, -0.15) is 0 Å². The van der Waals surface area contributed by atoms with Crippen molar-refractivity contribution in [2.24, 2.45) is 17.8 Å². The Hall–Kier alpha value is -0.275. The third kappa shape index (κ3) is 3.77. The van der Waals surface area contributed by atoms with Crippen LogP contribution in [0.4, 0.5) is 0 Å². The first-order valence-corrected chi connectivity index (χ1v) is 10.4. The predicted octanol–water partition coefficient (Wildman–Crippen LogP) is 5.95. The molecule has 2 nitrogen and oxygen atoms in total. The zero-order valence-corrected chi connectivity index (χ0v) is 16.6. The van der Waals surface area contributed by atoms with Crippen LogP contribution >= 0.6 is 0 Å². The van der Waals surface area contributed by atoms with Gasteiger partial charge in [-0.3, -0.25) is 0 Å². The zero-order chi connectivity index (χ0) is 17.4. The number of allylic oxidation sites excluding steroid dienone is 2. The first kappa shape index (κ1) is 18.5. The van der Waals surface area contributed by atoms with Gasteiger partial charge in [-0.25, -0.2) is 0 Å². The van der Waals surface area contributed by atoms with E-state index in [1.54, 1.807) is 0 Å². The van der Waals surface area contributed by atoms with E-state index in [0.29, 0.717) is 0 Å². The van der Waals surface area contributed by atoms with Crippen molar-refractivity contribution in [1.29, 1.82) is 0 Å². The van der Waals surface area contributed by atoms with Gasteiger partial charge in [0.05, 0.1) is 11.2 Å². The molecular weight excluding hydrogens is 295 g/mol. The Morgan fingerprint density at radius 3 is 2.08 bits per heavy atom. The minimum Gasteiger partial charge on any atom is -0.400 e. The highest BCUT2D eigenvalue weighted by atomic mass is 16.7. The number of rotatable bonds is 4. The van der Waals surface area contributed by atoms with Crippen molar-refractivity contribution in [3.63, 3.8) is 0 Å². The SMILES string of the molecule is CCCC1CCC(C2CC=C(B3OC(C)(C)C(C)(C)O3)CC2)CC1. The largest absolute Gasteiger partial charge is 0.490 e. The van der Waals surface area contributed by atoms with Crippen LogP contribution in [-0.2, 0) is 9.31 Å². The van der Waals surface area contributed by atoms with Crippen LogP contribution in [0.25, 0.3) is 0 Å². The summed E-state index contributed by atoms with van der Waals surface area (Å²) in [5, 5.41) is 0. The summed E-state index contributed by atoms with van der Waals surface area (Å²) in [4.78, 5) is 0. The molecule has 136 valence electrons. The van der Waals surface area contributed by atoms with E-state index >= 15 is 0 Å². The third-order valence-electron chi connectivity index (χ3n) is 7.30.